The normalized spacial score (nSPS) is 20.4. The predicted octanol–water partition coefficient (Wildman–Crippen LogP) is 1.72. The minimum Gasteiger partial charge on any atom is -0.409 e. The molecule has 1 aliphatic heterocycles. The molecule has 0 amide bonds. The van der Waals surface area contributed by atoms with Crippen LogP contribution in [0.3, 0.4) is 0 Å². The van der Waals surface area contributed by atoms with E-state index in [-0.39, 0.29) is 5.84 Å². The van der Waals surface area contributed by atoms with Gasteiger partial charge in [-0.3, -0.25) is 0 Å². The summed E-state index contributed by atoms with van der Waals surface area (Å²) in [5.41, 5.74) is 7.24. The minimum atomic E-state index is 0.132. The van der Waals surface area contributed by atoms with Gasteiger partial charge >= 0.3 is 0 Å². The van der Waals surface area contributed by atoms with Gasteiger partial charge in [0.2, 0.25) is 0 Å². The lowest BCUT2D eigenvalue weighted by Gasteiger charge is -2.18. The lowest BCUT2D eigenvalue weighted by Crippen LogP contribution is -2.22. The third-order valence-corrected chi connectivity index (χ3v) is 3.53. The standard InChI is InChI=1S/C13H20N4O/c1-3-10-4-5-17(8-10)12-7-11(13(14)16-18)6-9(2)15-12/h6-7,10,18H,3-5,8H2,1-2H3,(H2,14,16). The maximum atomic E-state index is 8.74. The number of rotatable bonds is 3. The van der Waals surface area contributed by atoms with E-state index in [9.17, 15) is 0 Å². The zero-order chi connectivity index (χ0) is 13.1. The highest BCUT2D eigenvalue weighted by Gasteiger charge is 2.22. The summed E-state index contributed by atoms with van der Waals surface area (Å²) >= 11 is 0. The Morgan fingerprint density at radius 3 is 3.00 bits per heavy atom. The number of pyridine rings is 1. The van der Waals surface area contributed by atoms with Crippen molar-refractivity contribution in [3.63, 3.8) is 0 Å². The molecule has 1 aliphatic rings. The number of oxime groups is 1. The van der Waals surface area contributed by atoms with Crippen molar-refractivity contribution in [2.45, 2.75) is 26.7 Å². The zero-order valence-electron chi connectivity index (χ0n) is 10.9. The first-order chi connectivity index (χ1) is 8.63. The number of anilines is 1. The van der Waals surface area contributed by atoms with Crippen LogP contribution in [0.1, 0.15) is 31.0 Å². The monoisotopic (exact) mass is 248 g/mol. The summed E-state index contributed by atoms with van der Waals surface area (Å²) in [5, 5.41) is 11.8. The Kier molecular flexibility index (Phi) is 3.69. The largest absolute Gasteiger partial charge is 0.409 e. The minimum absolute atomic E-state index is 0.132. The van der Waals surface area contributed by atoms with E-state index in [1.165, 1.54) is 12.8 Å². The van der Waals surface area contributed by atoms with Gasteiger partial charge in [-0.2, -0.15) is 0 Å². The van der Waals surface area contributed by atoms with Gasteiger partial charge in [0.1, 0.15) is 5.82 Å². The quantitative estimate of drug-likeness (QED) is 0.369. The maximum Gasteiger partial charge on any atom is 0.170 e. The van der Waals surface area contributed by atoms with Gasteiger partial charge in [0.25, 0.3) is 0 Å². The summed E-state index contributed by atoms with van der Waals surface area (Å²) in [4.78, 5) is 6.81. The van der Waals surface area contributed by atoms with E-state index < -0.39 is 0 Å². The van der Waals surface area contributed by atoms with Gasteiger partial charge in [0, 0.05) is 24.3 Å². The highest BCUT2D eigenvalue weighted by atomic mass is 16.4. The molecule has 0 spiro atoms. The van der Waals surface area contributed by atoms with Crippen LogP contribution >= 0.6 is 0 Å². The molecule has 2 heterocycles. The molecule has 2 rings (SSSR count). The first-order valence-corrected chi connectivity index (χ1v) is 6.35. The summed E-state index contributed by atoms with van der Waals surface area (Å²) < 4.78 is 0. The number of amidine groups is 1. The molecule has 5 nitrogen and oxygen atoms in total. The summed E-state index contributed by atoms with van der Waals surface area (Å²) in [6.45, 7) is 6.22. The second kappa shape index (κ2) is 5.25. The van der Waals surface area contributed by atoms with Crippen molar-refractivity contribution in [1.82, 2.24) is 4.98 Å². The van der Waals surface area contributed by atoms with Gasteiger partial charge in [0.05, 0.1) is 0 Å². The molecular formula is C13H20N4O. The van der Waals surface area contributed by atoms with Crippen molar-refractivity contribution < 1.29 is 5.21 Å². The Hall–Kier alpha value is -1.78. The highest BCUT2D eigenvalue weighted by Crippen LogP contribution is 2.25. The average Bonchev–Trinajstić information content (AvgIpc) is 2.85. The second-order valence-electron chi connectivity index (χ2n) is 4.85. The fraction of sp³-hybridized carbons (Fsp3) is 0.538. The third-order valence-electron chi connectivity index (χ3n) is 3.53. The number of hydrogen-bond donors (Lipinski definition) is 2. The Labute approximate surface area is 107 Å². The van der Waals surface area contributed by atoms with Gasteiger partial charge in [-0.05, 0) is 31.4 Å². The summed E-state index contributed by atoms with van der Waals surface area (Å²) in [7, 11) is 0. The van der Waals surface area contributed by atoms with Crippen LogP contribution in [-0.4, -0.2) is 29.1 Å². The Morgan fingerprint density at radius 1 is 1.61 bits per heavy atom. The predicted molar refractivity (Wildman–Crippen MR) is 72.1 cm³/mol. The molecule has 1 saturated heterocycles. The van der Waals surface area contributed by atoms with E-state index in [1.807, 2.05) is 19.1 Å². The van der Waals surface area contributed by atoms with Crippen LogP contribution in [0, 0.1) is 12.8 Å². The molecule has 0 aromatic carbocycles. The van der Waals surface area contributed by atoms with E-state index in [0.29, 0.717) is 0 Å². The summed E-state index contributed by atoms with van der Waals surface area (Å²) in [6, 6.07) is 3.71. The lowest BCUT2D eigenvalue weighted by atomic mass is 10.1. The van der Waals surface area contributed by atoms with Gasteiger partial charge < -0.3 is 15.8 Å². The average molecular weight is 248 g/mol. The Bertz CT molecular complexity index is 458. The summed E-state index contributed by atoms with van der Waals surface area (Å²) in [5.74, 6) is 1.81. The number of aryl methyl sites for hydroxylation is 1. The van der Waals surface area contributed by atoms with Crippen molar-refractivity contribution in [2.24, 2.45) is 16.8 Å². The fourth-order valence-electron chi connectivity index (χ4n) is 2.39. The lowest BCUT2D eigenvalue weighted by molar-refractivity contribution is 0.318. The molecule has 1 aromatic rings. The molecular weight excluding hydrogens is 228 g/mol. The van der Waals surface area contributed by atoms with Gasteiger partial charge in [-0.25, -0.2) is 4.98 Å². The van der Waals surface area contributed by atoms with E-state index in [0.717, 1.165) is 36.1 Å². The first kappa shape index (κ1) is 12.7. The Morgan fingerprint density at radius 2 is 2.39 bits per heavy atom. The van der Waals surface area contributed by atoms with Gasteiger partial charge in [-0.1, -0.05) is 18.5 Å². The van der Waals surface area contributed by atoms with E-state index in [1.54, 1.807) is 0 Å². The number of nitrogens with two attached hydrogens (primary N) is 1. The SMILES string of the molecule is CCC1CCN(c2cc(/C(N)=N/O)cc(C)n2)C1. The van der Waals surface area contributed by atoms with Gasteiger partial charge in [-0.15, -0.1) is 0 Å². The van der Waals surface area contributed by atoms with Crippen molar-refractivity contribution in [3.05, 3.63) is 23.4 Å². The fourth-order valence-corrected chi connectivity index (χ4v) is 2.39. The molecule has 3 N–H and O–H groups in total. The van der Waals surface area contributed by atoms with Crippen molar-refractivity contribution in [3.8, 4) is 0 Å². The molecule has 1 fully saturated rings. The number of aromatic nitrogens is 1. The molecule has 5 heteroatoms. The van der Waals surface area contributed by atoms with E-state index in [4.69, 9.17) is 10.9 Å². The van der Waals surface area contributed by atoms with Crippen LogP contribution in [0.5, 0.6) is 0 Å². The Balaban J connectivity index is 2.26. The van der Waals surface area contributed by atoms with Crippen molar-refractivity contribution in [2.75, 3.05) is 18.0 Å². The maximum absolute atomic E-state index is 8.74. The summed E-state index contributed by atoms with van der Waals surface area (Å²) in [6.07, 6.45) is 2.42. The molecule has 1 aromatic heterocycles. The first-order valence-electron chi connectivity index (χ1n) is 6.35. The molecule has 1 atom stereocenters. The number of nitrogens with zero attached hydrogens (tertiary/aromatic N) is 3. The third kappa shape index (κ3) is 2.55. The van der Waals surface area contributed by atoms with Crippen LogP contribution < -0.4 is 10.6 Å². The highest BCUT2D eigenvalue weighted by molar-refractivity contribution is 5.97. The van der Waals surface area contributed by atoms with E-state index in [2.05, 4.69) is 22.0 Å². The zero-order valence-corrected chi connectivity index (χ0v) is 10.9. The molecule has 98 valence electrons. The number of hydrogen-bond acceptors (Lipinski definition) is 4. The topological polar surface area (TPSA) is 74.7 Å². The van der Waals surface area contributed by atoms with Crippen LogP contribution in [0.4, 0.5) is 5.82 Å². The van der Waals surface area contributed by atoms with E-state index >= 15 is 0 Å². The van der Waals surface area contributed by atoms with Crippen LogP contribution in [0.15, 0.2) is 17.3 Å². The molecule has 0 bridgehead atoms. The molecule has 0 aliphatic carbocycles. The van der Waals surface area contributed by atoms with Crippen LogP contribution in [-0.2, 0) is 0 Å². The molecule has 0 radical (unpaired) electrons. The van der Waals surface area contributed by atoms with Crippen molar-refractivity contribution >= 4 is 11.7 Å². The second-order valence-corrected chi connectivity index (χ2v) is 4.85. The van der Waals surface area contributed by atoms with Crippen molar-refractivity contribution in [1.29, 1.82) is 0 Å². The van der Waals surface area contributed by atoms with Crippen LogP contribution in [0.2, 0.25) is 0 Å². The molecule has 1 unspecified atom stereocenters. The molecule has 0 saturated carbocycles. The van der Waals surface area contributed by atoms with Crippen LogP contribution in [0.25, 0.3) is 0 Å². The van der Waals surface area contributed by atoms with Gasteiger partial charge in [0.15, 0.2) is 5.84 Å². The smallest absolute Gasteiger partial charge is 0.170 e. The molecule has 18 heavy (non-hydrogen) atoms.